The first kappa shape index (κ1) is 8.50. The molecule has 0 radical (unpaired) electrons. The molecule has 11 heavy (non-hydrogen) atoms. The average Bonchev–Trinajstić information content (AvgIpc) is 1.85. The Hall–Kier alpha value is -0.600. The summed E-state index contributed by atoms with van der Waals surface area (Å²) in [5, 5.41) is 2.84. The number of thiocarbonyl (C=S) groups is 1. The second-order valence-electron chi connectivity index (χ2n) is 2.27. The highest BCUT2D eigenvalue weighted by molar-refractivity contribution is 7.83. The van der Waals surface area contributed by atoms with Gasteiger partial charge in [0.1, 0.15) is 0 Å². The van der Waals surface area contributed by atoms with E-state index < -0.39 is 0 Å². The van der Waals surface area contributed by atoms with Crippen LogP contribution in [0.25, 0.3) is 0 Å². The molecule has 0 unspecified atom stereocenters. The molecule has 3 heteroatoms. The van der Waals surface area contributed by atoms with Crippen molar-refractivity contribution in [2.75, 3.05) is 5.32 Å². The maximum atomic E-state index is 5.48. The van der Waals surface area contributed by atoms with Gasteiger partial charge in [-0.05, 0) is 36.8 Å². The first-order valence-electron chi connectivity index (χ1n) is 3.21. The van der Waals surface area contributed by atoms with Crippen molar-refractivity contribution in [3.8, 4) is 0 Å². The van der Waals surface area contributed by atoms with E-state index in [1.165, 1.54) is 5.56 Å². The topological polar surface area (TPSA) is 12.0 Å². The van der Waals surface area contributed by atoms with Gasteiger partial charge in [0, 0.05) is 5.69 Å². The molecule has 1 aromatic rings. The van der Waals surface area contributed by atoms with Gasteiger partial charge in [-0.1, -0.05) is 23.7 Å². The van der Waals surface area contributed by atoms with Crippen molar-refractivity contribution in [1.82, 2.24) is 0 Å². The molecule has 0 aliphatic carbocycles. The van der Waals surface area contributed by atoms with Crippen LogP contribution in [0.2, 0.25) is 0 Å². The minimum absolute atomic E-state index is 0.274. The number of anilines is 1. The van der Waals surface area contributed by atoms with Crippen LogP contribution in [0, 0.1) is 6.92 Å². The number of halogens is 1. The van der Waals surface area contributed by atoms with Crippen LogP contribution in [0.3, 0.4) is 0 Å². The van der Waals surface area contributed by atoms with E-state index in [9.17, 15) is 0 Å². The standard InChI is InChI=1S/C8H8ClNS/c1-6-3-2-4-7(5-6)10-8(9)11/h2-5H,1H3,(H,10,11). The maximum absolute atomic E-state index is 5.48. The molecule has 0 heterocycles. The molecule has 0 aromatic heterocycles. The number of aryl methyl sites for hydroxylation is 1. The van der Waals surface area contributed by atoms with Gasteiger partial charge in [0.15, 0.2) is 4.45 Å². The van der Waals surface area contributed by atoms with Crippen molar-refractivity contribution in [3.05, 3.63) is 29.8 Å². The number of benzene rings is 1. The molecule has 0 atom stereocenters. The first-order chi connectivity index (χ1) is 5.18. The van der Waals surface area contributed by atoms with Gasteiger partial charge in [0.05, 0.1) is 0 Å². The summed E-state index contributed by atoms with van der Waals surface area (Å²) in [5.74, 6) is 0. The predicted octanol–water partition coefficient (Wildman–Crippen LogP) is 2.93. The third-order valence-electron chi connectivity index (χ3n) is 1.26. The first-order valence-corrected chi connectivity index (χ1v) is 4.00. The molecule has 58 valence electrons. The minimum atomic E-state index is 0.274. The molecule has 0 saturated heterocycles. The van der Waals surface area contributed by atoms with E-state index in [-0.39, 0.29) is 4.45 Å². The van der Waals surface area contributed by atoms with Crippen molar-refractivity contribution >= 4 is 34.0 Å². The Morgan fingerprint density at radius 3 is 2.82 bits per heavy atom. The molecule has 1 N–H and O–H groups in total. The molecular formula is C8H8ClNS. The van der Waals surface area contributed by atoms with Crippen LogP contribution in [0.4, 0.5) is 5.69 Å². The van der Waals surface area contributed by atoms with Crippen LogP contribution in [-0.4, -0.2) is 4.45 Å². The van der Waals surface area contributed by atoms with E-state index in [1.54, 1.807) is 0 Å². The summed E-state index contributed by atoms with van der Waals surface area (Å²) in [7, 11) is 0. The molecule has 1 rings (SSSR count). The summed E-state index contributed by atoms with van der Waals surface area (Å²) in [4.78, 5) is 0. The van der Waals surface area contributed by atoms with E-state index in [1.807, 2.05) is 31.2 Å². The summed E-state index contributed by atoms with van der Waals surface area (Å²) < 4.78 is 0.274. The Bertz CT molecular complexity index is 273. The van der Waals surface area contributed by atoms with Crippen molar-refractivity contribution in [3.63, 3.8) is 0 Å². The maximum Gasteiger partial charge on any atom is 0.171 e. The van der Waals surface area contributed by atoms with Crippen LogP contribution in [0.15, 0.2) is 24.3 Å². The molecule has 0 amide bonds. The quantitative estimate of drug-likeness (QED) is 0.410. The largest absolute Gasteiger partial charge is 0.337 e. The molecule has 0 bridgehead atoms. The number of rotatable bonds is 1. The van der Waals surface area contributed by atoms with Crippen LogP contribution in [0.1, 0.15) is 5.56 Å². The molecule has 0 saturated carbocycles. The highest BCUT2D eigenvalue weighted by atomic mass is 35.5. The van der Waals surface area contributed by atoms with Crippen LogP contribution >= 0.6 is 23.8 Å². The number of nitrogens with one attached hydrogen (secondary N) is 1. The van der Waals surface area contributed by atoms with Crippen molar-refractivity contribution < 1.29 is 0 Å². The second kappa shape index (κ2) is 3.69. The van der Waals surface area contributed by atoms with Gasteiger partial charge in [-0.3, -0.25) is 0 Å². The normalized spacial score (nSPS) is 9.27. The zero-order valence-electron chi connectivity index (χ0n) is 6.10. The Morgan fingerprint density at radius 2 is 2.27 bits per heavy atom. The van der Waals surface area contributed by atoms with E-state index >= 15 is 0 Å². The number of hydrogen-bond donors (Lipinski definition) is 1. The van der Waals surface area contributed by atoms with Crippen molar-refractivity contribution in [1.29, 1.82) is 0 Å². The summed E-state index contributed by atoms with van der Waals surface area (Å²) in [6.45, 7) is 2.02. The number of hydrogen-bond acceptors (Lipinski definition) is 1. The van der Waals surface area contributed by atoms with Gasteiger partial charge >= 0.3 is 0 Å². The Morgan fingerprint density at radius 1 is 1.55 bits per heavy atom. The second-order valence-corrected chi connectivity index (χ2v) is 3.28. The lowest BCUT2D eigenvalue weighted by Gasteiger charge is -2.01. The van der Waals surface area contributed by atoms with Crippen molar-refractivity contribution in [2.45, 2.75) is 6.92 Å². The van der Waals surface area contributed by atoms with Crippen LogP contribution < -0.4 is 5.32 Å². The highest BCUT2D eigenvalue weighted by Gasteiger charge is 1.92. The molecule has 0 aliphatic rings. The van der Waals surface area contributed by atoms with Crippen molar-refractivity contribution in [2.24, 2.45) is 0 Å². The monoisotopic (exact) mass is 185 g/mol. The molecule has 0 aliphatic heterocycles. The zero-order chi connectivity index (χ0) is 8.27. The molecule has 1 aromatic carbocycles. The Kier molecular flexibility index (Phi) is 2.85. The van der Waals surface area contributed by atoms with E-state index in [2.05, 4.69) is 17.5 Å². The minimum Gasteiger partial charge on any atom is -0.337 e. The summed E-state index contributed by atoms with van der Waals surface area (Å²) in [5.41, 5.74) is 2.12. The fourth-order valence-corrected chi connectivity index (χ4v) is 1.06. The molecule has 0 spiro atoms. The fraction of sp³-hybridized carbons (Fsp3) is 0.125. The van der Waals surface area contributed by atoms with E-state index in [0.717, 1.165) is 5.69 Å². The summed E-state index contributed by atoms with van der Waals surface area (Å²) in [6, 6.07) is 7.87. The van der Waals surface area contributed by atoms with Crippen LogP contribution in [-0.2, 0) is 0 Å². The molecule has 1 nitrogen and oxygen atoms in total. The third-order valence-corrected chi connectivity index (χ3v) is 1.46. The molecule has 0 fully saturated rings. The van der Waals surface area contributed by atoms with Crippen LogP contribution in [0.5, 0.6) is 0 Å². The SMILES string of the molecule is Cc1cccc(NC(=S)Cl)c1. The van der Waals surface area contributed by atoms with Gasteiger partial charge in [-0.25, -0.2) is 0 Å². The molecular weight excluding hydrogens is 178 g/mol. The van der Waals surface area contributed by atoms with E-state index in [4.69, 9.17) is 11.6 Å². The summed E-state index contributed by atoms with van der Waals surface area (Å²) in [6.07, 6.45) is 0. The van der Waals surface area contributed by atoms with Gasteiger partial charge in [0.25, 0.3) is 0 Å². The Labute approximate surface area is 76.4 Å². The van der Waals surface area contributed by atoms with Gasteiger partial charge in [0.2, 0.25) is 0 Å². The van der Waals surface area contributed by atoms with Gasteiger partial charge in [-0.2, -0.15) is 0 Å². The summed E-state index contributed by atoms with van der Waals surface area (Å²) >= 11 is 10.2. The smallest absolute Gasteiger partial charge is 0.171 e. The Balaban J connectivity index is 2.79. The lowest BCUT2D eigenvalue weighted by Crippen LogP contribution is -1.99. The lowest BCUT2D eigenvalue weighted by molar-refractivity contribution is 1.47. The highest BCUT2D eigenvalue weighted by Crippen LogP contribution is 2.09. The average molecular weight is 186 g/mol. The van der Waals surface area contributed by atoms with E-state index in [0.29, 0.717) is 0 Å². The van der Waals surface area contributed by atoms with Gasteiger partial charge in [-0.15, -0.1) is 0 Å². The zero-order valence-corrected chi connectivity index (χ0v) is 7.67. The third kappa shape index (κ3) is 2.87. The fourth-order valence-electron chi connectivity index (χ4n) is 0.836. The van der Waals surface area contributed by atoms with Gasteiger partial charge < -0.3 is 5.32 Å². The predicted molar refractivity (Wildman–Crippen MR) is 53.3 cm³/mol. The lowest BCUT2D eigenvalue weighted by atomic mass is 10.2.